The molecule has 6 heteroatoms. The van der Waals surface area contributed by atoms with Crippen LogP contribution in [0.4, 0.5) is 5.82 Å². The Morgan fingerprint density at radius 1 is 1.04 bits per heavy atom. The Balaban J connectivity index is 1.42. The first-order valence-corrected chi connectivity index (χ1v) is 9.68. The van der Waals surface area contributed by atoms with Crippen molar-refractivity contribution in [3.8, 4) is 0 Å². The summed E-state index contributed by atoms with van der Waals surface area (Å²) in [6.45, 7) is 6.15. The van der Waals surface area contributed by atoms with Crippen LogP contribution in [0.15, 0.2) is 48.7 Å². The van der Waals surface area contributed by atoms with Gasteiger partial charge in [-0.05, 0) is 24.7 Å². The number of pyridine rings is 1. The minimum atomic E-state index is 0.0876. The first-order chi connectivity index (χ1) is 13.2. The Labute approximate surface area is 160 Å². The van der Waals surface area contributed by atoms with E-state index in [-0.39, 0.29) is 5.91 Å². The van der Waals surface area contributed by atoms with Crippen LogP contribution >= 0.6 is 0 Å². The largest absolute Gasteiger partial charge is 0.353 e. The molecule has 6 nitrogen and oxygen atoms in total. The average Bonchev–Trinajstić information content (AvgIpc) is 2.75. The van der Waals surface area contributed by atoms with E-state index in [1.165, 1.54) is 5.56 Å². The van der Waals surface area contributed by atoms with Gasteiger partial charge in [-0.1, -0.05) is 30.3 Å². The second-order valence-electron chi connectivity index (χ2n) is 7.36. The van der Waals surface area contributed by atoms with Crippen LogP contribution in [-0.2, 0) is 0 Å². The summed E-state index contributed by atoms with van der Waals surface area (Å²) >= 11 is 0. The van der Waals surface area contributed by atoms with Crippen LogP contribution in [0.25, 0.3) is 0 Å². The second kappa shape index (κ2) is 8.06. The number of nitrogens with zero attached hydrogens (tertiary/aromatic N) is 4. The monoisotopic (exact) mass is 365 g/mol. The fraction of sp³-hybridized carbons (Fsp3) is 0.429. The predicted octanol–water partition coefficient (Wildman–Crippen LogP) is 1.62. The highest BCUT2D eigenvalue weighted by Crippen LogP contribution is 2.21. The lowest BCUT2D eigenvalue weighted by Crippen LogP contribution is -2.47. The molecule has 2 aliphatic rings. The van der Waals surface area contributed by atoms with Gasteiger partial charge in [0.05, 0.1) is 5.56 Å². The lowest BCUT2D eigenvalue weighted by atomic mass is 10.0. The summed E-state index contributed by atoms with van der Waals surface area (Å²) < 4.78 is 0. The van der Waals surface area contributed by atoms with Crippen molar-refractivity contribution in [2.24, 2.45) is 0 Å². The van der Waals surface area contributed by atoms with Gasteiger partial charge in [-0.2, -0.15) is 0 Å². The molecule has 0 bridgehead atoms. The van der Waals surface area contributed by atoms with Gasteiger partial charge in [0, 0.05) is 58.1 Å². The first-order valence-electron chi connectivity index (χ1n) is 9.68. The molecule has 2 fully saturated rings. The first kappa shape index (κ1) is 17.9. The molecule has 0 aliphatic carbocycles. The van der Waals surface area contributed by atoms with Gasteiger partial charge in [0.2, 0.25) is 0 Å². The Bertz CT molecular complexity index is 756. The van der Waals surface area contributed by atoms with Gasteiger partial charge in [-0.15, -0.1) is 0 Å². The lowest BCUT2D eigenvalue weighted by Gasteiger charge is -2.35. The number of likely N-dealkylation sites (N-methyl/N-ethyl adjacent to an activating group) is 1. The van der Waals surface area contributed by atoms with Crippen LogP contribution in [-0.4, -0.2) is 73.6 Å². The minimum absolute atomic E-state index is 0.0876. The van der Waals surface area contributed by atoms with Crippen molar-refractivity contribution >= 4 is 11.7 Å². The Morgan fingerprint density at radius 2 is 1.81 bits per heavy atom. The number of amides is 1. The van der Waals surface area contributed by atoms with E-state index < -0.39 is 0 Å². The van der Waals surface area contributed by atoms with Crippen LogP contribution in [0.3, 0.4) is 0 Å². The molecule has 1 unspecified atom stereocenters. The van der Waals surface area contributed by atoms with Crippen molar-refractivity contribution in [2.45, 2.75) is 6.04 Å². The van der Waals surface area contributed by atoms with Crippen molar-refractivity contribution in [1.82, 2.24) is 20.1 Å². The molecule has 0 spiro atoms. The Kier molecular flexibility index (Phi) is 5.36. The third-order valence-electron chi connectivity index (χ3n) is 5.49. The number of carbonyl (C=O) groups is 1. The fourth-order valence-electron chi connectivity index (χ4n) is 3.76. The van der Waals surface area contributed by atoms with E-state index in [4.69, 9.17) is 0 Å². The molecule has 1 aromatic carbocycles. The molecule has 3 heterocycles. The van der Waals surface area contributed by atoms with E-state index in [0.29, 0.717) is 11.6 Å². The van der Waals surface area contributed by atoms with Crippen LogP contribution in [0, 0.1) is 0 Å². The maximum atomic E-state index is 12.7. The van der Waals surface area contributed by atoms with Crippen LogP contribution in [0.2, 0.25) is 0 Å². The van der Waals surface area contributed by atoms with Gasteiger partial charge in [0.15, 0.2) is 0 Å². The number of nitrogens with one attached hydrogen (secondary N) is 1. The summed E-state index contributed by atoms with van der Waals surface area (Å²) in [5.41, 5.74) is 1.97. The van der Waals surface area contributed by atoms with Gasteiger partial charge >= 0.3 is 0 Å². The molecule has 0 saturated carbocycles. The summed E-state index contributed by atoms with van der Waals surface area (Å²) in [6.07, 6.45) is 1.73. The summed E-state index contributed by atoms with van der Waals surface area (Å²) in [4.78, 5) is 23.7. The van der Waals surface area contributed by atoms with Gasteiger partial charge in [-0.25, -0.2) is 4.98 Å². The van der Waals surface area contributed by atoms with Crippen molar-refractivity contribution in [3.63, 3.8) is 0 Å². The zero-order valence-electron chi connectivity index (χ0n) is 15.8. The molecule has 27 heavy (non-hydrogen) atoms. The van der Waals surface area contributed by atoms with E-state index in [1.54, 1.807) is 6.20 Å². The highest BCUT2D eigenvalue weighted by atomic mass is 16.2. The Morgan fingerprint density at radius 3 is 2.52 bits per heavy atom. The number of hydrogen-bond donors (Lipinski definition) is 1. The quantitative estimate of drug-likeness (QED) is 0.896. The number of hydrogen-bond acceptors (Lipinski definition) is 5. The van der Waals surface area contributed by atoms with Crippen LogP contribution < -0.4 is 10.2 Å². The van der Waals surface area contributed by atoms with Crippen molar-refractivity contribution in [3.05, 3.63) is 59.8 Å². The molecule has 1 N–H and O–H groups in total. The third-order valence-corrected chi connectivity index (χ3v) is 5.49. The summed E-state index contributed by atoms with van der Waals surface area (Å²) in [5, 5.41) is 3.58. The normalized spacial score (nSPS) is 21.3. The number of benzene rings is 1. The third kappa shape index (κ3) is 4.12. The zero-order valence-corrected chi connectivity index (χ0v) is 15.8. The lowest BCUT2D eigenvalue weighted by molar-refractivity contribution is 0.0663. The smallest absolute Gasteiger partial charge is 0.255 e. The number of anilines is 1. The molecule has 142 valence electrons. The van der Waals surface area contributed by atoms with Gasteiger partial charge < -0.3 is 20.0 Å². The molecule has 1 amide bonds. The maximum absolute atomic E-state index is 12.7. The van der Waals surface area contributed by atoms with E-state index in [1.807, 2.05) is 23.1 Å². The maximum Gasteiger partial charge on any atom is 0.255 e. The van der Waals surface area contributed by atoms with Crippen molar-refractivity contribution < 1.29 is 4.79 Å². The number of rotatable bonds is 3. The molecule has 2 aromatic rings. The molecular formula is C21H27N5O. The van der Waals surface area contributed by atoms with E-state index in [2.05, 4.69) is 51.4 Å². The predicted molar refractivity (Wildman–Crippen MR) is 107 cm³/mol. The molecule has 2 saturated heterocycles. The minimum Gasteiger partial charge on any atom is -0.353 e. The van der Waals surface area contributed by atoms with Crippen molar-refractivity contribution in [1.29, 1.82) is 0 Å². The molecule has 4 rings (SSSR count). The highest BCUT2D eigenvalue weighted by molar-refractivity contribution is 5.94. The molecule has 1 aromatic heterocycles. The molecular weight excluding hydrogens is 338 g/mol. The fourth-order valence-corrected chi connectivity index (χ4v) is 3.76. The number of aromatic nitrogens is 1. The molecule has 0 radical (unpaired) electrons. The van der Waals surface area contributed by atoms with Gasteiger partial charge in [0.25, 0.3) is 5.91 Å². The van der Waals surface area contributed by atoms with Gasteiger partial charge in [0.1, 0.15) is 5.82 Å². The summed E-state index contributed by atoms with van der Waals surface area (Å²) in [6, 6.07) is 14.7. The second-order valence-corrected chi connectivity index (χ2v) is 7.36. The highest BCUT2D eigenvalue weighted by Gasteiger charge is 2.23. The topological polar surface area (TPSA) is 51.7 Å². The molecule has 1 atom stereocenters. The SMILES string of the molecule is CN1CCN(C(=O)c2ccc(N3CCNC(c4ccccc4)C3)nc2)CC1. The zero-order chi connectivity index (χ0) is 18.6. The van der Waals surface area contributed by atoms with E-state index in [9.17, 15) is 4.79 Å². The standard InChI is InChI=1S/C21H27N5O/c1-24-11-13-25(14-12-24)21(27)18-7-8-20(23-15-18)26-10-9-22-19(16-26)17-5-3-2-4-6-17/h2-8,15,19,22H,9-14,16H2,1H3. The van der Waals surface area contributed by atoms with Gasteiger partial charge in [-0.3, -0.25) is 4.79 Å². The Hall–Kier alpha value is -2.44. The average molecular weight is 365 g/mol. The summed E-state index contributed by atoms with van der Waals surface area (Å²) in [7, 11) is 2.09. The molecule has 2 aliphatic heterocycles. The van der Waals surface area contributed by atoms with Crippen LogP contribution in [0.5, 0.6) is 0 Å². The van der Waals surface area contributed by atoms with Crippen molar-refractivity contribution in [2.75, 3.05) is 57.8 Å². The number of piperazine rings is 2. The van der Waals surface area contributed by atoms with E-state index in [0.717, 1.165) is 51.6 Å². The van der Waals surface area contributed by atoms with Crippen LogP contribution in [0.1, 0.15) is 22.0 Å². The summed E-state index contributed by atoms with van der Waals surface area (Å²) in [5.74, 6) is 1.02. The van der Waals surface area contributed by atoms with E-state index >= 15 is 0 Å². The number of carbonyl (C=O) groups excluding carboxylic acids is 1.